The van der Waals surface area contributed by atoms with Gasteiger partial charge in [-0.15, -0.1) is 0 Å². The largest absolute Gasteiger partial charge is 0.449 e. The molecule has 0 aliphatic heterocycles. The van der Waals surface area contributed by atoms with Crippen LogP contribution in [-0.2, 0) is 29.1 Å². The maximum atomic E-state index is 13.0. The predicted octanol–water partition coefficient (Wildman–Crippen LogP) is 3.07. The maximum absolute atomic E-state index is 13.0. The molecule has 0 saturated heterocycles. The van der Waals surface area contributed by atoms with Gasteiger partial charge in [0.15, 0.2) is 0 Å². The lowest BCUT2D eigenvalue weighted by Crippen LogP contribution is -2.55. The molecule has 0 aromatic heterocycles. The van der Waals surface area contributed by atoms with Gasteiger partial charge in [-0.3, -0.25) is 14.3 Å². The summed E-state index contributed by atoms with van der Waals surface area (Å²) < 4.78 is 38.4. The fourth-order valence-electron chi connectivity index (χ4n) is 4.60. The van der Waals surface area contributed by atoms with Crippen molar-refractivity contribution in [2.45, 2.75) is 64.2 Å². The number of carbonyl (C=O) groups is 3. The minimum Gasteiger partial charge on any atom is -0.449 e. The smallest absolute Gasteiger partial charge is 0.407 e. The zero-order valence-corrected chi connectivity index (χ0v) is 23.8. The normalized spacial score (nSPS) is 14.5. The molecule has 0 fully saturated rings. The maximum Gasteiger partial charge on any atom is 0.407 e. The van der Waals surface area contributed by atoms with Gasteiger partial charge in [-0.2, -0.15) is 0 Å². The summed E-state index contributed by atoms with van der Waals surface area (Å²) in [5.41, 5.74) is 3.55. The van der Waals surface area contributed by atoms with Crippen LogP contribution in [0.25, 0.3) is 11.1 Å². The highest BCUT2D eigenvalue weighted by molar-refractivity contribution is 7.90. The van der Waals surface area contributed by atoms with E-state index >= 15 is 0 Å². The van der Waals surface area contributed by atoms with E-state index < -0.39 is 45.5 Å². The summed E-state index contributed by atoms with van der Waals surface area (Å²) in [5.74, 6) is -1.88. The lowest BCUT2D eigenvalue weighted by atomic mass is 9.98. The average molecular weight is 560 g/mol. The Hall–Kier alpha value is -3.44. The molecule has 1 aliphatic carbocycles. The SMILES string of the molecule is CNC(=O)CCCS(=O)(=O)NC(=O)[C@@H](NC(=O)OCC1c2ccccc2-c2ccccc21)[C@H](C)OC(C)(C)C. The van der Waals surface area contributed by atoms with E-state index in [1.165, 1.54) is 7.05 Å². The molecule has 0 heterocycles. The molecule has 10 nitrogen and oxygen atoms in total. The molecule has 0 bridgehead atoms. The van der Waals surface area contributed by atoms with Crippen molar-refractivity contribution in [3.63, 3.8) is 0 Å². The Morgan fingerprint density at radius 2 is 1.54 bits per heavy atom. The van der Waals surface area contributed by atoms with Crippen LogP contribution in [0, 0.1) is 0 Å². The fourth-order valence-corrected chi connectivity index (χ4v) is 5.66. The zero-order chi connectivity index (χ0) is 28.8. The summed E-state index contributed by atoms with van der Waals surface area (Å²) in [7, 11) is -2.61. The summed E-state index contributed by atoms with van der Waals surface area (Å²) in [6, 6.07) is 14.4. The van der Waals surface area contributed by atoms with Crippen LogP contribution in [0.3, 0.4) is 0 Å². The van der Waals surface area contributed by atoms with E-state index in [1.807, 2.05) is 53.3 Å². The van der Waals surface area contributed by atoms with Gasteiger partial charge in [-0.25, -0.2) is 13.2 Å². The second-order valence-corrected chi connectivity index (χ2v) is 12.3. The Morgan fingerprint density at radius 1 is 0.974 bits per heavy atom. The monoisotopic (exact) mass is 559 g/mol. The number of fused-ring (bicyclic) bond motifs is 3. The molecule has 2 aromatic rings. The van der Waals surface area contributed by atoms with Crippen LogP contribution < -0.4 is 15.4 Å². The molecule has 0 radical (unpaired) electrons. The van der Waals surface area contributed by atoms with Crippen molar-refractivity contribution in [1.82, 2.24) is 15.4 Å². The van der Waals surface area contributed by atoms with E-state index in [0.717, 1.165) is 22.3 Å². The van der Waals surface area contributed by atoms with Crippen LogP contribution >= 0.6 is 0 Å². The van der Waals surface area contributed by atoms with Gasteiger partial charge < -0.3 is 20.1 Å². The van der Waals surface area contributed by atoms with Crippen LogP contribution in [0.5, 0.6) is 0 Å². The molecule has 2 atom stereocenters. The number of ether oxygens (including phenoxy) is 2. The third-order valence-electron chi connectivity index (χ3n) is 6.26. The van der Waals surface area contributed by atoms with Crippen molar-refractivity contribution in [2.24, 2.45) is 0 Å². The average Bonchev–Trinajstić information content (AvgIpc) is 3.18. The molecule has 212 valence electrons. The van der Waals surface area contributed by atoms with Crippen LogP contribution in [-0.4, -0.2) is 63.5 Å². The van der Waals surface area contributed by atoms with Gasteiger partial charge in [0, 0.05) is 19.4 Å². The lowest BCUT2D eigenvalue weighted by molar-refractivity contribution is -0.129. The number of carbonyl (C=O) groups excluding carboxylic acids is 3. The Labute approximate surface area is 229 Å². The van der Waals surface area contributed by atoms with Gasteiger partial charge in [0.2, 0.25) is 15.9 Å². The summed E-state index contributed by atoms with van der Waals surface area (Å²) in [5, 5.41) is 4.90. The molecular formula is C28H37N3O7S. The number of hydrogen-bond donors (Lipinski definition) is 3. The fraction of sp³-hybridized carbons (Fsp3) is 0.464. The first-order valence-electron chi connectivity index (χ1n) is 12.9. The molecular weight excluding hydrogens is 522 g/mol. The summed E-state index contributed by atoms with van der Waals surface area (Å²) >= 11 is 0. The van der Waals surface area contributed by atoms with Crippen molar-refractivity contribution in [2.75, 3.05) is 19.4 Å². The van der Waals surface area contributed by atoms with Gasteiger partial charge in [0.25, 0.3) is 5.91 Å². The molecule has 2 aromatic carbocycles. The number of rotatable bonds is 11. The highest BCUT2D eigenvalue weighted by Gasteiger charge is 2.34. The Balaban J connectivity index is 1.69. The second-order valence-electron chi connectivity index (χ2n) is 10.4. The molecule has 0 saturated carbocycles. The van der Waals surface area contributed by atoms with Crippen molar-refractivity contribution in [3.8, 4) is 11.1 Å². The minimum atomic E-state index is -4.06. The third-order valence-corrected chi connectivity index (χ3v) is 7.60. The first-order valence-corrected chi connectivity index (χ1v) is 14.5. The van der Waals surface area contributed by atoms with Crippen molar-refractivity contribution in [1.29, 1.82) is 0 Å². The van der Waals surface area contributed by atoms with Crippen LogP contribution in [0.2, 0.25) is 0 Å². The van der Waals surface area contributed by atoms with E-state index in [9.17, 15) is 22.8 Å². The summed E-state index contributed by atoms with van der Waals surface area (Å²) in [6.45, 7) is 6.93. The Bertz CT molecular complexity index is 1260. The van der Waals surface area contributed by atoms with Crippen molar-refractivity contribution >= 4 is 27.9 Å². The molecule has 11 heteroatoms. The van der Waals surface area contributed by atoms with Crippen LogP contribution in [0.15, 0.2) is 48.5 Å². The van der Waals surface area contributed by atoms with E-state index in [-0.39, 0.29) is 31.3 Å². The molecule has 39 heavy (non-hydrogen) atoms. The van der Waals surface area contributed by atoms with Gasteiger partial charge in [0.05, 0.1) is 17.5 Å². The molecule has 3 amide bonds. The van der Waals surface area contributed by atoms with E-state index in [1.54, 1.807) is 27.7 Å². The van der Waals surface area contributed by atoms with E-state index in [0.29, 0.717) is 0 Å². The van der Waals surface area contributed by atoms with E-state index in [2.05, 4.69) is 10.6 Å². The number of alkyl carbamates (subject to hydrolysis) is 1. The first kappa shape index (κ1) is 30.1. The zero-order valence-electron chi connectivity index (χ0n) is 22.9. The molecule has 0 unspecified atom stereocenters. The summed E-state index contributed by atoms with van der Waals surface area (Å²) in [4.78, 5) is 37.3. The Kier molecular flexibility index (Phi) is 9.73. The second kappa shape index (κ2) is 12.6. The standard InChI is InChI=1S/C28H37N3O7S/c1-18(38-28(2,3)4)25(26(33)31-39(35,36)16-10-15-24(32)29-5)30-27(34)37-17-23-21-13-8-6-11-19(21)20-12-7-9-14-22(20)23/h6-9,11-14,18,23,25H,10,15-17H2,1-5H3,(H,29,32)(H,30,34)(H,31,33)/t18-,25-/m0/s1. The van der Waals surface area contributed by atoms with Gasteiger partial charge >= 0.3 is 6.09 Å². The highest BCUT2D eigenvalue weighted by Crippen LogP contribution is 2.44. The number of nitrogens with one attached hydrogen (secondary N) is 3. The van der Waals surface area contributed by atoms with Gasteiger partial charge in [-0.1, -0.05) is 48.5 Å². The first-order chi connectivity index (χ1) is 18.3. The number of sulfonamides is 1. The number of hydrogen-bond acceptors (Lipinski definition) is 7. The van der Waals surface area contributed by atoms with Crippen molar-refractivity contribution in [3.05, 3.63) is 59.7 Å². The van der Waals surface area contributed by atoms with E-state index in [4.69, 9.17) is 9.47 Å². The lowest BCUT2D eigenvalue weighted by Gasteiger charge is -2.30. The number of benzene rings is 2. The van der Waals surface area contributed by atoms with Crippen LogP contribution in [0.4, 0.5) is 4.79 Å². The summed E-state index contributed by atoms with van der Waals surface area (Å²) in [6.07, 6.45) is -1.73. The quantitative estimate of drug-likeness (QED) is 0.384. The van der Waals surface area contributed by atoms with Crippen molar-refractivity contribution < 1.29 is 32.3 Å². The number of amides is 3. The van der Waals surface area contributed by atoms with Crippen LogP contribution in [0.1, 0.15) is 57.6 Å². The third kappa shape index (κ3) is 8.27. The topological polar surface area (TPSA) is 140 Å². The molecule has 0 spiro atoms. The molecule has 3 rings (SSSR count). The minimum absolute atomic E-state index is 0.00341. The van der Waals surface area contributed by atoms with Gasteiger partial charge in [-0.05, 0) is 56.4 Å². The molecule has 1 aliphatic rings. The molecule has 3 N–H and O–H groups in total. The Morgan fingerprint density at radius 3 is 2.08 bits per heavy atom. The predicted molar refractivity (Wildman–Crippen MR) is 148 cm³/mol. The highest BCUT2D eigenvalue weighted by atomic mass is 32.2. The van der Waals surface area contributed by atoms with Gasteiger partial charge in [0.1, 0.15) is 12.6 Å².